The fourth-order valence-corrected chi connectivity index (χ4v) is 2.66. The van der Waals surface area contributed by atoms with Crippen LogP contribution in [0.2, 0.25) is 0 Å². The quantitative estimate of drug-likeness (QED) is 0.665. The lowest BCUT2D eigenvalue weighted by atomic mass is 9.87. The predicted molar refractivity (Wildman–Crippen MR) is 71.3 cm³/mol. The zero-order chi connectivity index (χ0) is 12.7. The third-order valence-electron chi connectivity index (χ3n) is 3.73. The van der Waals surface area contributed by atoms with Crippen LogP contribution in [-0.2, 0) is 9.47 Å². The molecular weight excluding hydrogens is 214 g/mol. The fourth-order valence-electron chi connectivity index (χ4n) is 2.66. The van der Waals surface area contributed by atoms with E-state index >= 15 is 0 Å². The Kier molecular flexibility index (Phi) is 6.45. The molecule has 3 nitrogen and oxygen atoms in total. The molecule has 1 saturated carbocycles. The van der Waals surface area contributed by atoms with Gasteiger partial charge in [-0.05, 0) is 37.6 Å². The highest BCUT2D eigenvalue weighted by molar-refractivity contribution is 4.97. The Morgan fingerprint density at radius 2 is 2.06 bits per heavy atom. The van der Waals surface area contributed by atoms with E-state index in [-0.39, 0.29) is 0 Å². The second kappa shape index (κ2) is 7.34. The topological polar surface area (TPSA) is 30.5 Å². The molecule has 0 amide bonds. The van der Waals surface area contributed by atoms with Crippen molar-refractivity contribution in [2.24, 2.45) is 5.41 Å². The Morgan fingerprint density at radius 3 is 2.71 bits per heavy atom. The van der Waals surface area contributed by atoms with Crippen molar-refractivity contribution in [3.8, 4) is 0 Å². The van der Waals surface area contributed by atoms with Crippen LogP contribution >= 0.6 is 0 Å². The van der Waals surface area contributed by atoms with E-state index in [1.54, 1.807) is 7.11 Å². The van der Waals surface area contributed by atoms with Crippen LogP contribution in [0, 0.1) is 5.41 Å². The van der Waals surface area contributed by atoms with E-state index in [2.05, 4.69) is 26.1 Å². The highest BCUT2D eigenvalue weighted by atomic mass is 16.5. The van der Waals surface area contributed by atoms with Gasteiger partial charge in [-0.3, -0.25) is 0 Å². The summed E-state index contributed by atoms with van der Waals surface area (Å²) in [4.78, 5) is 0. The summed E-state index contributed by atoms with van der Waals surface area (Å²) in [6, 6.07) is 0.505. The minimum atomic E-state index is 0.362. The predicted octanol–water partition coefficient (Wildman–Crippen LogP) is 2.60. The number of methoxy groups -OCH3 is 1. The number of hydrogen-bond acceptors (Lipinski definition) is 3. The summed E-state index contributed by atoms with van der Waals surface area (Å²) >= 11 is 0. The van der Waals surface area contributed by atoms with Crippen molar-refractivity contribution >= 4 is 0 Å². The third-order valence-corrected chi connectivity index (χ3v) is 3.73. The molecule has 102 valence electrons. The average Bonchev–Trinajstić information content (AvgIpc) is 2.57. The van der Waals surface area contributed by atoms with Gasteiger partial charge in [0.15, 0.2) is 0 Å². The van der Waals surface area contributed by atoms with Gasteiger partial charge in [-0.25, -0.2) is 0 Å². The summed E-state index contributed by atoms with van der Waals surface area (Å²) in [6.07, 6.45) is 5.00. The van der Waals surface area contributed by atoms with Gasteiger partial charge in [0.05, 0.1) is 6.10 Å². The van der Waals surface area contributed by atoms with E-state index in [9.17, 15) is 0 Å². The molecule has 1 rings (SSSR count). The summed E-state index contributed by atoms with van der Waals surface area (Å²) in [5, 5.41) is 3.66. The molecule has 1 aliphatic carbocycles. The average molecular weight is 243 g/mol. The summed E-state index contributed by atoms with van der Waals surface area (Å²) in [5.74, 6) is 0. The summed E-state index contributed by atoms with van der Waals surface area (Å²) in [7, 11) is 1.74. The van der Waals surface area contributed by atoms with Gasteiger partial charge < -0.3 is 14.8 Å². The molecule has 17 heavy (non-hydrogen) atoms. The lowest BCUT2D eigenvalue weighted by molar-refractivity contribution is 0.0170. The zero-order valence-corrected chi connectivity index (χ0v) is 11.9. The van der Waals surface area contributed by atoms with Crippen LogP contribution in [0.5, 0.6) is 0 Å². The first-order valence-corrected chi connectivity index (χ1v) is 6.95. The van der Waals surface area contributed by atoms with E-state index in [4.69, 9.17) is 9.47 Å². The first kappa shape index (κ1) is 14.9. The van der Waals surface area contributed by atoms with Crippen LogP contribution in [0.1, 0.15) is 46.5 Å². The van der Waals surface area contributed by atoms with Gasteiger partial charge in [0.1, 0.15) is 0 Å². The zero-order valence-electron chi connectivity index (χ0n) is 11.9. The number of rotatable bonds is 8. The molecule has 1 fully saturated rings. The highest BCUT2D eigenvalue weighted by Crippen LogP contribution is 2.39. The van der Waals surface area contributed by atoms with Crippen molar-refractivity contribution in [2.45, 2.75) is 58.6 Å². The van der Waals surface area contributed by atoms with E-state index in [1.807, 2.05) is 0 Å². The molecule has 0 bridgehead atoms. The number of nitrogens with one attached hydrogen (secondary N) is 1. The summed E-state index contributed by atoms with van der Waals surface area (Å²) in [6.45, 7) is 9.61. The van der Waals surface area contributed by atoms with Crippen molar-refractivity contribution in [2.75, 3.05) is 26.9 Å². The van der Waals surface area contributed by atoms with Crippen LogP contribution in [0.25, 0.3) is 0 Å². The maximum atomic E-state index is 6.01. The minimum Gasteiger partial charge on any atom is -0.385 e. The molecule has 0 saturated heterocycles. The molecule has 3 heteroatoms. The molecule has 0 aromatic carbocycles. The molecule has 0 aliphatic heterocycles. The molecule has 0 aromatic rings. The van der Waals surface area contributed by atoms with E-state index in [0.717, 1.165) is 26.2 Å². The molecular formula is C14H29NO2. The van der Waals surface area contributed by atoms with Crippen molar-refractivity contribution < 1.29 is 9.47 Å². The lowest BCUT2D eigenvalue weighted by Gasteiger charge is -2.31. The standard InChI is InChI=1S/C14H29NO2/c1-5-9-15-13-12(7-8-14(13,2)3)17-11-6-10-16-4/h12-13,15H,5-11H2,1-4H3. The van der Waals surface area contributed by atoms with Crippen molar-refractivity contribution in [3.63, 3.8) is 0 Å². The van der Waals surface area contributed by atoms with Gasteiger partial charge in [-0.2, -0.15) is 0 Å². The van der Waals surface area contributed by atoms with Crippen molar-refractivity contribution in [1.82, 2.24) is 5.32 Å². The first-order chi connectivity index (χ1) is 8.11. The normalized spacial score (nSPS) is 27.5. The SMILES string of the molecule is CCCNC1C(OCCCOC)CCC1(C)C. The van der Waals surface area contributed by atoms with Crippen molar-refractivity contribution in [3.05, 3.63) is 0 Å². The van der Waals surface area contributed by atoms with E-state index < -0.39 is 0 Å². The van der Waals surface area contributed by atoms with Gasteiger partial charge >= 0.3 is 0 Å². The van der Waals surface area contributed by atoms with E-state index in [0.29, 0.717) is 17.6 Å². The Morgan fingerprint density at radius 1 is 1.29 bits per heavy atom. The Hall–Kier alpha value is -0.120. The lowest BCUT2D eigenvalue weighted by Crippen LogP contribution is -2.46. The van der Waals surface area contributed by atoms with Crippen molar-refractivity contribution in [1.29, 1.82) is 0 Å². The summed E-state index contributed by atoms with van der Waals surface area (Å²) < 4.78 is 11.1. The molecule has 0 spiro atoms. The second-order valence-electron chi connectivity index (χ2n) is 5.71. The largest absolute Gasteiger partial charge is 0.385 e. The molecule has 1 N–H and O–H groups in total. The highest BCUT2D eigenvalue weighted by Gasteiger charge is 2.41. The van der Waals surface area contributed by atoms with Gasteiger partial charge in [0.2, 0.25) is 0 Å². The maximum Gasteiger partial charge on any atom is 0.0733 e. The minimum absolute atomic E-state index is 0.362. The van der Waals surface area contributed by atoms with Crippen LogP contribution in [0.3, 0.4) is 0 Å². The van der Waals surface area contributed by atoms with Crippen LogP contribution in [0.15, 0.2) is 0 Å². The van der Waals surface area contributed by atoms with Gasteiger partial charge in [0, 0.05) is 26.4 Å². The van der Waals surface area contributed by atoms with Gasteiger partial charge in [-0.15, -0.1) is 0 Å². The molecule has 0 aromatic heterocycles. The Balaban J connectivity index is 2.36. The van der Waals surface area contributed by atoms with Crippen LogP contribution in [0.4, 0.5) is 0 Å². The number of ether oxygens (including phenoxy) is 2. The fraction of sp³-hybridized carbons (Fsp3) is 1.00. The van der Waals surface area contributed by atoms with E-state index in [1.165, 1.54) is 19.3 Å². The third kappa shape index (κ3) is 4.57. The monoisotopic (exact) mass is 243 g/mol. The number of hydrogen-bond donors (Lipinski definition) is 1. The molecule has 1 aliphatic rings. The summed E-state index contributed by atoms with van der Waals surface area (Å²) in [5.41, 5.74) is 0.362. The van der Waals surface area contributed by atoms with Gasteiger partial charge in [-0.1, -0.05) is 20.8 Å². The molecule has 2 unspecified atom stereocenters. The smallest absolute Gasteiger partial charge is 0.0733 e. The second-order valence-corrected chi connectivity index (χ2v) is 5.71. The first-order valence-electron chi connectivity index (χ1n) is 6.95. The molecule has 0 radical (unpaired) electrons. The Labute approximate surface area is 106 Å². The Bertz CT molecular complexity index is 206. The van der Waals surface area contributed by atoms with Crippen LogP contribution in [-0.4, -0.2) is 39.0 Å². The molecule has 0 heterocycles. The van der Waals surface area contributed by atoms with Gasteiger partial charge in [0.25, 0.3) is 0 Å². The maximum absolute atomic E-state index is 6.01. The molecule has 2 atom stereocenters. The van der Waals surface area contributed by atoms with Crippen LogP contribution < -0.4 is 5.32 Å².